The Kier molecular flexibility index (Phi) is 5.51. The molecule has 0 fully saturated rings. The largest absolute Gasteiger partial charge is 0.383 e. The minimum absolute atomic E-state index is 0.698. The van der Waals surface area contributed by atoms with Gasteiger partial charge in [0.15, 0.2) is 5.16 Å². The number of ether oxygens (including phenoxy) is 1. The third-order valence-electron chi connectivity index (χ3n) is 2.80. The van der Waals surface area contributed by atoms with Crippen molar-refractivity contribution in [1.29, 1.82) is 0 Å². The molecular formula is C13H19N5OS. The molecule has 0 bridgehead atoms. The van der Waals surface area contributed by atoms with Crippen LogP contribution in [0, 0.1) is 6.92 Å². The van der Waals surface area contributed by atoms with Gasteiger partial charge in [-0.05, 0) is 24.8 Å². The van der Waals surface area contributed by atoms with Crippen LogP contribution in [0.25, 0.3) is 0 Å². The lowest BCUT2D eigenvalue weighted by molar-refractivity contribution is 0.199. The molecule has 2 heterocycles. The van der Waals surface area contributed by atoms with E-state index in [0.717, 1.165) is 29.0 Å². The summed E-state index contributed by atoms with van der Waals surface area (Å²) in [4.78, 5) is 8.49. The summed E-state index contributed by atoms with van der Waals surface area (Å²) in [7, 11) is 3.64. The predicted octanol–water partition coefficient (Wildman–Crippen LogP) is 1.41. The standard InChI is InChI=1S/C13H19N5OS/c1-10-11(9-14-7-8-19-3)12(18(2)17-10)20-13-15-5-4-6-16-13/h4-6,14H,7-9H2,1-3H3. The van der Waals surface area contributed by atoms with Gasteiger partial charge in [0.05, 0.1) is 12.3 Å². The van der Waals surface area contributed by atoms with E-state index in [4.69, 9.17) is 4.74 Å². The topological polar surface area (TPSA) is 64.9 Å². The first-order valence-corrected chi connectivity index (χ1v) is 7.21. The molecule has 0 saturated heterocycles. The zero-order valence-electron chi connectivity index (χ0n) is 12.0. The highest BCUT2D eigenvalue weighted by molar-refractivity contribution is 7.99. The van der Waals surface area contributed by atoms with Crippen LogP contribution >= 0.6 is 11.8 Å². The Morgan fingerprint density at radius 2 is 2.10 bits per heavy atom. The van der Waals surface area contributed by atoms with Crippen LogP contribution in [0.2, 0.25) is 0 Å². The number of nitrogens with zero attached hydrogens (tertiary/aromatic N) is 4. The number of hydrogen-bond donors (Lipinski definition) is 1. The summed E-state index contributed by atoms with van der Waals surface area (Å²) >= 11 is 1.53. The third kappa shape index (κ3) is 3.78. The first kappa shape index (κ1) is 15.0. The van der Waals surface area contributed by atoms with Crippen LogP contribution in [0.15, 0.2) is 28.6 Å². The average Bonchev–Trinajstić information content (AvgIpc) is 2.71. The summed E-state index contributed by atoms with van der Waals surface area (Å²) in [5.41, 5.74) is 2.21. The normalized spacial score (nSPS) is 10.9. The molecule has 0 aliphatic carbocycles. The van der Waals surface area contributed by atoms with E-state index < -0.39 is 0 Å². The molecule has 0 spiro atoms. The fourth-order valence-electron chi connectivity index (χ4n) is 1.82. The molecule has 0 aliphatic rings. The summed E-state index contributed by atoms with van der Waals surface area (Å²) in [6, 6.07) is 1.81. The lowest BCUT2D eigenvalue weighted by Crippen LogP contribution is -2.19. The second kappa shape index (κ2) is 7.37. The molecule has 0 unspecified atom stereocenters. The Labute approximate surface area is 123 Å². The van der Waals surface area contributed by atoms with Crippen LogP contribution < -0.4 is 5.32 Å². The molecule has 108 valence electrons. The summed E-state index contributed by atoms with van der Waals surface area (Å²) in [6.45, 7) is 4.29. The molecule has 6 nitrogen and oxygen atoms in total. The minimum atomic E-state index is 0.698. The first-order chi connectivity index (χ1) is 9.72. The highest BCUT2D eigenvalue weighted by Gasteiger charge is 2.15. The van der Waals surface area contributed by atoms with Crippen molar-refractivity contribution in [2.24, 2.45) is 7.05 Å². The minimum Gasteiger partial charge on any atom is -0.383 e. The fraction of sp³-hybridized carbons (Fsp3) is 0.462. The number of hydrogen-bond acceptors (Lipinski definition) is 6. The Morgan fingerprint density at radius 3 is 2.80 bits per heavy atom. The Bertz CT molecular complexity index is 543. The van der Waals surface area contributed by atoms with Gasteiger partial charge in [-0.25, -0.2) is 9.97 Å². The Hall–Kier alpha value is -1.44. The monoisotopic (exact) mass is 293 g/mol. The van der Waals surface area contributed by atoms with Crippen molar-refractivity contribution in [1.82, 2.24) is 25.1 Å². The van der Waals surface area contributed by atoms with Gasteiger partial charge in [-0.1, -0.05) is 0 Å². The zero-order chi connectivity index (χ0) is 14.4. The summed E-state index contributed by atoms with van der Waals surface area (Å²) in [5, 5.41) is 9.62. The second-order valence-electron chi connectivity index (χ2n) is 4.30. The molecule has 7 heteroatoms. The van der Waals surface area contributed by atoms with Crippen LogP contribution in [-0.4, -0.2) is 40.0 Å². The van der Waals surface area contributed by atoms with Gasteiger partial charge in [0.1, 0.15) is 5.03 Å². The van der Waals surface area contributed by atoms with Crippen molar-refractivity contribution in [3.05, 3.63) is 29.7 Å². The number of aryl methyl sites for hydroxylation is 2. The third-order valence-corrected chi connectivity index (χ3v) is 3.90. The summed E-state index contributed by atoms with van der Waals surface area (Å²) in [6.07, 6.45) is 3.49. The maximum atomic E-state index is 5.03. The fourth-order valence-corrected chi connectivity index (χ4v) is 2.74. The molecule has 0 amide bonds. The van der Waals surface area contributed by atoms with Gasteiger partial charge in [0.25, 0.3) is 0 Å². The van der Waals surface area contributed by atoms with Crippen LogP contribution in [-0.2, 0) is 18.3 Å². The number of methoxy groups -OCH3 is 1. The van der Waals surface area contributed by atoms with E-state index >= 15 is 0 Å². The highest BCUT2D eigenvalue weighted by Crippen LogP contribution is 2.28. The molecule has 0 aromatic carbocycles. The van der Waals surface area contributed by atoms with Gasteiger partial charge in [0.2, 0.25) is 0 Å². The molecule has 0 atom stereocenters. The van der Waals surface area contributed by atoms with Crippen LogP contribution in [0.1, 0.15) is 11.3 Å². The van der Waals surface area contributed by atoms with Crippen LogP contribution in [0.3, 0.4) is 0 Å². The van der Waals surface area contributed by atoms with E-state index in [-0.39, 0.29) is 0 Å². The van der Waals surface area contributed by atoms with Gasteiger partial charge >= 0.3 is 0 Å². The smallest absolute Gasteiger partial charge is 0.193 e. The molecule has 2 rings (SSSR count). The SMILES string of the molecule is COCCNCc1c(C)nn(C)c1Sc1ncccn1. The van der Waals surface area contributed by atoms with Crippen LogP contribution in [0.5, 0.6) is 0 Å². The predicted molar refractivity (Wildman–Crippen MR) is 77.7 cm³/mol. The Balaban J connectivity index is 2.11. The average molecular weight is 293 g/mol. The van der Waals surface area contributed by atoms with E-state index in [0.29, 0.717) is 6.61 Å². The molecule has 2 aromatic rings. The van der Waals surface area contributed by atoms with Crippen molar-refractivity contribution in [2.75, 3.05) is 20.3 Å². The molecule has 2 aromatic heterocycles. The number of aromatic nitrogens is 4. The molecule has 0 saturated carbocycles. The molecule has 1 N–H and O–H groups in total. The summed E-state index contributed by atoms with van der Waals surface area (Å²) in [5.74, 6) is 0. The van der Waals surface area contributed by atoms with Gasteiger partial charge in [-0.15, -0.1) is 0 Å². The lowest BCUT2D eigenvalue weighted by Gasteiger charge is -2.07. The van der Waals surface area contributed by atoms with Gasteiger partial charge in [0, 0.05) is 45.2 Å². The van der Waals surface area contributed by atoms with Crippen molar-refractivity contribution >= 4 is 11.8 Å². The first-order valence-electron chi connectivity index (χ1n) is 6.39. The summed E-state index contributed by atoms with van der Waals surface area (Å²) < 4.78 is 6.91. The van der Waals surface area contributed by atoms with E-state index in [1.165, 1.54) is 17.3 Å². The molecule has 0 aliphatic heterocycles. The van der Waals surface area contributed by atoms with E-state index in [1.54, 1.807) is 19.5 Å². The van der Waals surface area contributed by atoms with Crippen molar-refractivity contribution < 1.29 is 4.74 Å². The zero-order valence-corrected chi connectivity index (χ0v) is 12.8. The number of rotatable bonds is 7. The molecular weight excluding hydrogens is 274 g/mol. The van der Waals surface area contributed by atoms with E-state index in [9.17, 15) is 0 Å². The maximum absolute atomic E-state index is 5.03. The maximum Gasteiger partial charge on any atom is 0.193 e. The molecule has 0 radical (unpaired) electrons. The van der Waals surface area contributed by atoms with Crippen molar-refractivity contribution in [2.45, 2.75) is 23.7 Å². The molecule has 20 heavy (non-hydrogen) atoms. The second-order valence-corrected chi connectivity index (χ2v) is 5.25. The van der Waals surface area contributed by atoms with E-state index in [2.05, 4.69) is 20.4 Å². The van der Waals surface area contributed by atoms with Crippen molar-refractivity contribution in [3.63, 3.8) is 0 Å². The highest BCUT2D eigenvalue weighted by atomic mass is 32.2. The van der Waals surface area contributed by atoms with E-state index in [1.807, 2.05) is 24.7 Å². The Morgan fingerprint density at radius 1 is 1.35 bits per heavy atom. The lowest BCUT2D eigenvalue weighted by atomic mass is 10.2. The number of nitrogens with one attached hydrogen (secondary N) is 1. The van der Waals surface area contributed by atoms with Crippen LogP contribution in [0.4, 0.5) is 0 Å². The van der Waals surface area contributed by atoms with Crippen molar-refractivity contribution in [3.8, 4) is 0 Å². The van der Waals surface area contributed by atoms with Gasteiger partial charge < -0.3 is 10.1 Å². The quantitative estimate of drug-likeness (QED) is 0.615. The van der Waals surface area contributed by atoms with Gasteiger partial charge in [-0.3, -0.25) is 4.68 Å². The van der Waals surface area contributed by atoms with Gasteiger partial charge in [-0.2, -0.15) is 5.10 Å².